The Balaban J connectivity index is 1.64. The van der Waals surface area contributed by atoms with Gasteiger partial charge in [0, 0.05) is 0 Å². The highest BCUT2D eigenvalue weighted by atomic mass is 16.5. The zero-order chi connectivity index (χ0) is 14.4. The molecule has 3 nitrogen and oxygen atoms in total. The van der Waals surface area contributed by atoms with Gasteiger partial charge >= 0.3 is 0 Å². The maximum Gasteiger partial charge on any atom is 0.230 e. The van der Waals surface area contributed by atoms with Crippen LogP contribution in [-0.2, 0) is 6.42 Å². The van der Waals surface area contributed by atoms with Gasteiger partial charge in [-0.25, -0.2) is 0 Å². The average Bonchev–Trinajstić information content (AvgIpc) is 3.15. The molecule has 2 aliphatic rings. The lowest BCUT2D eigenvalue weighted by Crippen LogP contribution is -2.13. The number of nitrogens with two attached hydrogens (primary N) is 1. The molecule has 0 saturated heterocycles. The number of aryl methyl sites for hydroxylation is 1. The normalized spacial score (nSPS) is 27.4. The van der Waals surface area contributed by atoms with E-state index in [1.807, 2.05) is 0 Å². The molecular formula is C18H22N2O. The van der Waals surface area contributed by atoms with Gasteiger partial charge in [-0.05, 0) is 55.9 Å². The molecule has 0 radical (unpaired) electrons. The minimum Gasteiger partial charge on any atom is -0.367 e. The monoisotopic (exact) mass is 282 g/mol. The molecule has 1 aromatic heterocycles. The minimum atomic E-state index is 0.457. The molecule has 3 heteroatoms. The van der Waals surface area contributed by atoms with Crippen molar-refractivity contribution in [1.29, 1.82) is 0 Å². The Bertz CT molecular complexity index is 661. The smallest absolute Gasteiger partial charge is 0.230 e. The average molecular weight is 282 g/mol. The van der Waals surface area contributed by atoms with Crippen molar-refractivity contribution in [3.63, 3.8) is 0 Å². The first-order chi connectivity index (χ1) is 10.2. The predicted molar refractivity (Wildman–Crippen MR) is 83.7 cm³/mol. The summed E-state index contributed by atoms with van der Waals surface area (Å²) in [5, 5.41) is 4.27. The Hall–Kier alpha value is -1.77. The fraction of sp³-hybridized carbons (Fsp3) is 0.500. The van der Waals surface area contributed by atoms with E-state index in [0.717, 1.165) is 41.0 Å². The molecular weight excluding hydrogens is 260 g/mol. The van der Waals surface area contributed by atoms with Gasteiger partial charge in [-0.1, -0.05) is 41.4 Å². The van der Waals surface area contributed by atoms with Crippen LogP contribution in [0.25, 0.3) is 11.1 Å². The van der Waals surface area contributed by atoms with Crippen molar-refractivity contribution in [3.8, 4) is 11.1 Å². The van der Waals surface area contributed by atoms with E-state index < -0.39 is 0 Å². The lowest BCUT2D eigenvalue weighted by Gasteiger charge is -2.20. The highest BCUT2D eigenvalue weighted by Crippen LogP contribution is 2.50. The topological polar surface area (TPSA) is 52.0 Å². The molecule has 2 aliphatic carbocycles. The lowest BCUT2D eigenvalue weighted by atomic mass is 9.84. The van der Waals surface area contributed by atoms with Crippen molar-refractivity contribution in [2.45, 2.75) is 39.0 Å². The van der Waals surface area contributed by atoms with Crippen LogP contribution < -0.4 is 5.73 Å². The Labute approximate surface area is 125 Å². The zero-order valence-electron chi connectivity index (χ0n) is 12.5. The van der Waals surface area contributed by atoms with E-state index in [-0.39, 0.29) is 0 Å². The van der Waals surface area contributed by atoms with E-state index in [1.165, 1.54) is 31.2 Å². The lowest BCUT2D eigenvalue weighted by molar-refractivity contribution is 0.322. The van der Waals surface area contributed by atoms with Gasteiger partial charge in [0.15, 0.2) is 0 Å². The largest absolute Gasteiger partial charge is 0.367 e. The number of aromatic nitrogens is 1. The van der Waals surface area contributed by atoms with Gasteiger partial charge in [-0.15, -0.1) is 0 Å². The van der Waals surface area contributed by atoms with E-state index in [0.29, 0.717) is 5.88 Å². The standard InChI is InChI=1S/C18H22N2O/c1-11-3-2-4-14(7-11)17-16(20-21-18(17)19)10-15-9-12-5-6-13(15)8-12/h2-4,7,12-13,15H,5-6,8-10,19H2,1H3. The van der Waals surface area contributed by atoms with Crippen LogP contribution in [0.5, 0.6) is 0 Å². The summed E-state index contributed by atoms with van der Waals surface area (Å²) in [5.74, 6) is 3.10. The number of hydrogen-bond donors (Lipinski definition) is 1. The number of fused-ring (bicyclic) bond motifs is 2. The molecule has 4 rings (SSSR count). The molecule has 2 bridgehead atoms. The Morgan fingerprint density at radius 1 is 1.29 bits per heavy atom. The summed E-state index contributed by atoms with van der Waals surface area (Å²) in [4.78, 5) is 0. The first-order valence-corrected chi connectivity index (χ1v) is 8.01. The van der Waals surface area contributed by atoms with Gasteiger partial charge in [0.2, 0.25) is 5.88 Å². The van der Waals surface area contributed by atoms with Crippen molar-refractivity contribution in [1.82, 2.24) is 5.16 Å². The highest BCUT2D eigenvalue weighted by Gasteiger charge is 2.40. The second kappa shape index (κ2) is 4.90. The van der Waals surface area contributed by atoms with Crippen molar-refractivity contribution in [2.75, 3.05) is 5.73 Å². The van der Waals surface area contributed by atoms with Crippen molar-refractivity contribution in [2.24, 2.45) is 17.8 Å². The maximum absolute atomic E-state index is 6.04. The van der Waals surface area contributed by atoms with E-state index in [9.17, 15) is 0 Å². The summed E-state index contributed by atoms with van der Waals surface area (Å²) in [6.45, 7) is 2.10. The number of nitrogen functional groups attached to an aromatic ring is 1. The van der Waals surface area contributed by atoms with Crippen LogP contribution in [0, 0.1) is 24.7 Å². The summed E-state index contributed by atoms with van der Waals surface area (Å²) in [5.41, 5.74) is 10.5. The van der Waals surface area contributed by atoms with E-state index in [4.69, 9.17) is 10.3 Å². The molecule has 2 N–H and O–H groups in total. The molecule has 2 aromatic rings. The second-order valence-corrected chi connectivity index (χ2v) is 6.88. The van der Waals surface area contributed by atoms with Crippen molar-refractivity contribution in [3.05, 3.63) is 35.5 Å². The maximum atomic E-state index is 6.04. The Morgan fingerprint density at radius 2 is 2.19 bits per heavy atom. The van der Waals surface area contributed by atoms with Crippen LogP contribution in [0.1, 0.15) is 36.9 Å². The van der Waals surface area contributed by atoms with E-state index >= 15 is 0 Å². The third-order valence-corrected chi connectivity index (χ3v) is 5.44. The van der Waals surface area contributed by atoms with Gasteiger partial charge in [0.25, 0.3) is 0 Å². The van der Waals surface area contributed by atoms with Gasteiger partial charge < -0.3 is 10.3 Å². The number of nitrogens with zero attached hydrogens (tertiary/aromatic N) is 1. The zero-order valence-corrected chi connectivity index (χ0v) is 12.5. The molecule has 21 heavy (non-hydrogen) atoms. The number of rotatable bonds is 3. The molecule has 3 atom stereocenters. The van der Waals surface area contributed by atoms with Crippen LogP contribution in [0.2, 0.25) is 0 Å². The molecule has 0 aliphatic heterocycles. The molecule has 1 aromatic carbocycles. The van der Waals surface area contributed by atoms with Crippen LogP contribution in [0.4, 0.5) is 5.88 Å². The fourth-order valence-electron chi connectivity index (χ4n) is 4.46. The molecule has 110 valence electrons. The fourth-order valence-corrected chi connectivity index (χ4v) is 4.46. The Morgan fingerprint density at radius 3 is 2.90 bits per heavy atom. The van der Waals surface area contributed by atoms with Gasteiger partial charge in [-0.2, -0.15) is 0 Å². The molecule has 2 fully saturated rings. The van der Waals surface area contributed by atoms with E-state index in [2.05, 4.69) is 36.3 Å². The molecule has 1 heterocycles. The molecule has 3 unspecified atom stereocenters. The predicted octanol–water partition coefficient (Wildman–Crippen LogP) is 4.21. The summed E-state index contributed by atoms with van der Waals surface area (Å²) < 4.78 is 5.31. The molecule has 0 spiro atoms. The third kappa shape index (κ3) is 2.25. The highest BCUT2D eigenvalue weighted by molar-refractivity contribution is 5.75. The molecule has 0 amide bonds. The van der Waals surface area contributed by atoms with Gasteiger partial charge in [0.05, 0.1) is 11.3 Å². The summed E-state index contributed by atoms with van der Waals surface area (Å²) in [7, 11) is 0. The second-order valence-electron chi connectivity index (χ2n) is 6.88. The third-order valence-electron chi connectivity index (χ3n) is 5.44. The van der Waals surface area contributed by atoms with Crippen molar-refractivity contribution >= 4 is 5.88 Å². The van der Waals surface area contributed by atoms with Crippen LogP contribution >= 0.6 is 0 Å². The minimum absolute atomic E-state index is 0.457. The van der Waals surface area contributed by atoms with Crippen molar-refractivity contribution < 1.29 is 4.52 Å². The molecule has 2 saturated carbocycles. The first-order valence-electron chi connectivity index (χ1n) is 8.01. The summed E-state index contributed by atoms with van der Waals surface area (Å²) in [6.07, 6.45) is 6.66. The van der Waals surface area contributed by atoms with Gasteiger partial charge in [-0.3, -0.25) is 0 Å². The van der Waals surface area contributed by atoms with Crippen LogP contribution in [0.3, 0.4) is 0 Å². The first kappa shape index (κ1) is 12.9. The SMILES string of the molecule is Cc1cccc(-c2c(CC3CC4CCC3C4)noc2N)c1. The van der Waals surface area contributed by atoms with E-state index in [1.54, 1.807) is 0 Å². The summed E-state index contributed by atoms with van der Waals surface area (Å²) in [6, 6.07) is 8.43. The van der Waals surface area contributed by atoms with Crippen LogP contribution in [-0.4, -0.2) is 5.16 Å². The number of benzene rings is 1. The Kier molecular flexibility index (Phi) is 3.02. The van der Waals surface area contributed by atoms with Gasteiger partial charge in [0.1, 0.15) is 0 Å². The van der Waals surface area contributed by atoms with Crippen LogP contribution in [0.15, 0.2) is 28.8 Å². The number of hydrogen-bond acceptors (Lipinski definition) is 3. The number of anilines is 1. The quantitative estimate of drug-likeness (QED) is 0.917. The summed E-state index contributed by atoms with van der Waals surface area (Å²) >= 11 is 0.